The van der Waals surface area contributed by atoms with Crippen LogP contribution in [0.2, 0.25) is 5.02 Å². The highest BCUT2D eigenvalue weighted by Gasteiger charge is 2.09. The summed E-state index contributed by atoms with van der Waals surface area (Å²) in [7, 11) is 0. The summed E-state index contributed by atoms with van der Waals surface area (Å²) in [6.45, 7) is 10.1. The van der Waals surface area contributed by atoms with Crippen molar-refractivity contribution in [2.24, 2.45) is 0 Å². The minimum atomic E-state index is 0.323. The number of nitrogens with zero attached hydrogens (tertiary/aromatic N) is 1. The van der Waals surface area contributed by atoms with Crippen molar-refractivity contribution in [2.75, 3.05) is 16.0 Å². The van der Waals surface area contributed by atoms with E-state index < -0.39 is 0 Å². The Morgan fingerprint density at radius 1 is 0.861 bits per heavy atom. The second-order valence-corrected chi connectivity index (χ2v) is 9.24. The van der Waals surface area contributed by atoms with Crippen LogP contribution in [-0.4, -0.2) is 11.0 Å². The predicted octanol–water partition coefficient (Wildman–Crippen LogP) is 8.97. The standard InChI is InChI=1S/C28H29ClN4.C3H4/c1-18(2)31-25-10-5-6-11-26(25)33-27-16-28(30-17-24(27)29)32-22-12-13-23(20(4)15-22)21-9-7-8-19(3)14-21;1-3-2/h5-18,31H,1-4H3,(H2,30,32,33);1H,2H3. The Kier molecular flexibility index (Phi) is 9.39. The van der Waals surface area contributed by atoms with Gasteiger partial charge < -0.3 is 16.0 Å². The molecule has 0 saturated carbocycles. The van der Waals surface area contributed by atoms with Gasteiger partial charge in [-0.3, -0.25) is 0 Å². The molecule has 5 heteroatoms. The Morgan fingerprint density at radius 2 is 1.58 bits per heavy atom. The van der Waals surface area contributed by atoms with Gasteiger partial charge in [0, 0.05) is 17.8 Å². The van der Waals surface area contributed by atoms with Crippen LogP contribution in [0.1, 0.15) is 31.9 Å². The number of aryl methyl sites for hydroxylation is 2. The number of terminal acetylenes is 1. The molecule has 4 aromatic rings. The molecule has 0 radical (unpaired) electrons. The Balaban J connectivity index is 0.00000115. The van der Waals surface area contributed by atoms with Gasteiger partial charge >= 0.3 is 0 Å². The third-order valence-corrected chi connectivity index (χ3v) is 5.63. The number of aromatic nitrogens is 1. The Labute approximate surface area is 220 Å². The molecule has 3 aromatic carbocycles. The summed E-state index contributed by atoms with van der Waals surface area (Å²) >= 11 is 6.46. The van der Waals surface area contributed by atoms with Crippen LogP contribution in [0, 0.1) is 26.2 Å². The van der Waals surface area contributed by atoms with E-state index in [4.69, 9.17) is 11.6 Å². The molecule has 1 heterocycles. The number of halogens is 1. The monoisotopic (exact) mass is 496 g/mol. The highest BCUT2D eigenvalue weighted by atomic mass is 35.5. The summed E-state index contributed by atoms with van der Waals surface area (Å²) in [6, 6.07) is 25.3. The maximum Gasteiger partial charge on any atom is 0.132 e. The smallest absolute Gasteiger partial charge is 0.132 e. The Bertz CT molecular complexity index is 1360. The number of pyridine rings is 1. The Morgan fingerprint density at radius 3 is 2.25 bits per heavy atom. The number of hydrogen-bond acceptors (Lipinski definition) is 4. The van der Waals surface area contributed by atoms with Crippen LogP contribution in [-0.2, 0) is 0 Å². The predicted molar refractivity (Wildman–Crippen MR) is 157 cm³/mol. The van der Waals surface area contributed by atoms with Gasteiger partial charge in [-0.1, -0.05) is 59.6 Å². The molecule has 0 spiro atoms. The minimum absolute atomic E-state index is 0.323. The zero-order valence-corrected chi connectivity index (χ0v) is 22.2. The van der Waals surface area contributed by atoms with Gasteiger partial charge in [0.05, 0.1) is 28.3 Å². The minimum Gasteiger partial charge on any atom is -0.381 e. The van der Waals surface area contributed by atoms with E-state index in [1.807, 2.05) is 24.3 Å². The first-order valence-electron chi connectivity index (χ1n) is 11.9. The van der Waals surface area contributed by atoms with E-state index in [1.54, 1.807) is 13.1 Å². The van der Waals surface area contributed by atoms with Gasteiger partial charge in [0.2, 0.25) is 0 Å². The quantitative estimate of drug-likeness (QED) is 0.223. The van der Waals surface area contributed by atoms with E-state index in [0.29, 0.717) is 11.1 Å². The number of para-hydroxylation sites is 2. The van der Waals surface area contributed by atoms with Crippen molar-refractivity contribution in [1.82, 2.24) is 4.98 Å². The summed E-state index contributed by atoms with van der Waals surface area (Å²) in [5, 5.41) is 10.9. The van der Waals surface area contributed by atoms with E-state index in [9.17, 15) is 0 Å². The molecule has 0 fully saturated rings. The molecule has 0 saturated heterocycles. The average Bonchev–Trinajstić information content (AvgIpc) is 2.83. The fraction of sp³-hybridized carbons (Fsp3) is 0.194. The first-order valence-corrected chi connectivity index (χ1v) is 12.3. The summed E-state index contributed by atoms with van der Waals surface area (Å²) in [4.78, 5) is 4.47. The Hall–Kier alpha value is -3.94. The zero-order valence-electron chi connectivity index (χ0n) is 21.5. The molecule has 0 atom stereocenters. The number of hydrogen-bond donors (Lipinski definition) is 3. The van der Waals surface area contributed by atoms with E-state index in [-0.39, 0.29) is 0 Å². The number of nitrogens with one attached hydrogen (secondary N) is 3. The van der Waals surface area contributed by atoms with Crippen molar-refractivity contribution in [2.45, 2.75) is 40.7 Å². The van der Waals surface area contributed by atoms with E-state index in [2.05, 4.69) is 110 Å². The normalized spacial score (nSPS) is 10.2. The molecule has 4 nitrogen and oxygen atoms in total. The lowest BCUT2D eigenvalue weighted by molar-refractivity contribution is 0.900. The third kappa shape index (κ3) is 7.28. The van der Waals surface area contributed by atoms with E-state index in [0.717, 1.165) is 28.6 Å². The molecule has 1 aromatic heterocycles. The van der Waals surface area contributed by atoms with Crippen molar-refractivity contribution in [1.29, 1.82) is 0 Å². The summed E-state index contributed by atoms with van der Waals surface area (Å²) in [5.74, 6) is 2.97. The van der Waals surface area contributed by atoms with Gasteiger partial charge in [0.25, 0.3) is 0 Å². The molecular weight excluding hydrogens is 464 g/mol. The van der Waals surface area contributed by atoms with Crippen LogP contribution in [0.3, 0.4) is 0 Å². The zero-order chi connectivity index (χ0) is 26.1. The molecule has 0 aliphatic rings. The maximum atomic E-state index is 6.46. The van der Waals surface area contributed by atoms with Crippen LogP contribution in [0.4, 0.5) is 28.6 Å². The van der Waals surface area contributed by atoms with Crippen LogP contribution < -0.4 is 16.0 Å². The summed E-state index contributed by atoms with van der Waals surface area (Å²) in [6.07, 6.45) is 6.26. The molecule has 4 rings (SSSR count). The first-order chi connectivity index (χ1) is 17.3. The van der Waals surface area contributed by atoms with Gasteiger partial charge in [-0.2, -0.15) is 0 Å². The second kappa shape index (κ2) is 12.7. The molecule has 0 unspecified atom stereocenters. The van der Waals surface area contributed by atoms with Crippen LogP contribution >= 0.6 is 11.6 Å². The fourth-order valence-corrected chi connectivity index (χ4v) is 3.95. The highest BCUT2D eigenvalue weighted by molar-refractivity contribution is 6.33. The van der Waals surface area contributed by atoms with Gasteiger partial charge in [0.15, 0.2) is 0 Å². The molecule has 0 bridgehead atoms. The fourth-order valence-electron chi connectivity index (χ4n) is 3.80. The second-order valence-electron chi connectivity index (χ2n) is 8.83. The van der Waals surface area contributed by atoms with Gasteiger partial charge in [-0.25, -0.2) is 4.98 Å². The van der Waals surface area contributed by atoms with Crippen molar-refractivity contribution in [3.63, 3.8) is 0 Å². The number of rotatable bonds is 7. The average molecular weight is 497 g/mol. The summed E-state index contributed by atoms with van der Waals surface area (Å²) in [5.41, 5.74) is 8.66. The van der Waals surface area contributed by atoms with Crippen molar-refractivity contribution in [3.05, 3.63) is 95.1 Å². The summed E-state index contributed by atoms with van der Waals surface area (Å²) < 4.78 is 0. The molecule has 0 aliphatic heterocycles. The molecule has 0 aliphatic carbocycles. The number of anilines is 5. The molecule has 184 valence electrons. The molecule has 0 amide bonds. The third-order valence-electron chi connectivity index (χ3n) is 5.32. The molecule has 3 N–H and O–H groups in total. The lowest BCUT2D eigenvalue weighted by Gasteiger charge is -2.17. The van der Waals surface area contributed by atoms with Crippen molar-refractivity contribution in [3.8, 4) is 23.5 Å². The SMILES string of the molecule is C#CC.Cc1cccc(-c2ccc(Nc3cc(Nc4ccccc4NC(C)C)c(Cl)cn3)cc2C)c1. The van der Waals surface area contributed by atoms with Crippen molar-refractivity contribution >= 4 is 40.2 Å². The number of benzene rings is 3. The lowest BCUT2D eigenvalue weighted by Crippen LogP contribution is -2.11. The topological polar surface area (TPSA) is 49.0 Å². The highest BCUT2D eigenvalue weighted by Crippen LogP contribution is 2.33. The van der Waals surface area contributed by atoms with E-state index >= 15 is 0 Å². The molecular formula is C31H33ClN4. The first kappa shape index (κ1) is 26.7. The van der Waals surface area contributed by atoms with Crippen LogP contribution in [0.25, 0.3) is 11.1 Å². The van der Waals surface area contributed by atoms with E-state index in [1.165, 1.54) is 22.3 Å². The molecule has 36 heavy (non-hydrogen) atoms. The van der Waals surface area contributed by atoms with Crippen LogP contribution in [0.15, 0.2) is 79.0 Å². The van der Waals surface area contributed by atoms with Gasteiger partial charge in [-0.15, -0.1) is 12.3 Å². The lowest BCUT2D eigenvalue weighted by atomic mass is 9.98. The van der Waals surface area contributed by atoms with Gasteiger partial charge in [0.1, 0.15) is 5.82 Å². The largest absolute Gasteiger partial charge is 0.381 e. The van der Waals surface area contributed by atoms with Crippen molar-refractivity contribution < 1.29 is 0 Å². The van der Waals surface area contributed by atoms with Gasteiger partial charge in [-0.05, 0) is 75.6 Å². The van der Waals surface area contributed by atoms with Crippen LogP contribution in [0.5, 0.6) is 0 Å². The maximum absolute atomic E-state index is 6.46.